The van der Waals surface area contributed by atoms with Crippen molar-refractivity contribution in [3.8, 4) is 78.3 Å². The molecule has 0 saturated carbocycles. The molecule has 3 heterocycles. The van der Waals surface area contributed by atoms with Crippen molar-refractivity contribution in [2.75, 3.05) is 0 Å². The number of pyridine rings is 2. The topological polar surface area (TPSA) is 51.6 Å². The van der Waals surface area contributed by atoms with Gasteiger partial charge in [0, 0.05) is 29.1 Å². The van der Waals surface area contributed by atoms with Crippen LogP contribution >= 0.6 is 0 Å². The SMILES string of the molecule is c1ccc(-c2ccc(-c3cc(-c4cnc5ccccc5n4)ccc3-c3ccccc3-c3cc(CCc4ccc(-c5ccccn5)cc4)cc(CCc4ccc(-c5ccccn5)cc4)c3)cc2)cc1. The highest BCUT2D eigenvalue weighted by molar-refractivity contribution is 5.94. The molecule has 68 heavy (non-hydrogen) atoms. The third kappa shape index (κ3) is 9.40. The number of aryl methyl sites for hydroxylation is 4. The lowest BCUT2D eigenvalue weighted by molar-refractivity contribution is 0.931. The number of fused-ring (bicyclic) bond motifs is 1. The van der Waals surface area contributed by atoms with E-state index in [4.69, 9.17) is 9.97 Å². The molecule has 0 aliphatic heterocycles. The fraction of sp³-hybridized carbons (Fsp3) is 0.0625. The van der Waals surface area contributed by atoms with Crippen LogP contribution in [0.1, 0.15) is 22.3 Å². The molecule has 0 amide bonds. The summed E-state index contributed by atoms with van der Waals surface area (Å²) in [6, 6.07) is 80.4. The summed E-state index contributed by atoms with van der Waals surface area (Å²) in [5.41, 5.74) is 22.6. The van der Waals surface area contributed by atoms with Crippen LogP contribution in [0.3, 0.4) is 0 Å². The van der Waals surface area contributed by atoms with Crippen molar-refractivity contribution in [3.63, 3.8) is 0 Å². The average molecular weight is 873 g/mol. The van der Waals surface area contributed by atoms with Gasteiger partial charge in [-0.15, -0.1) is 0 Å². The number of aromatic nitrogens is 4. The predicted molar refractivity (Wildman–Crippen MR) is 281 cm³/mol. The highest BCUT2D eigenvalue weighted by atomic mass is 14.8. The molecule has 0 spiro atoms. The van der Waals surface area contributed by atoms with Gasteiger partial charge in [0.1, 0.15) is 0 Å². The summed E-state index contributed by atoms with van der Waals surface area (Å²) >= 11 is 0. The van der Waals surface area contributed by atoms with Gasteiger partial charge in [0.2, 0.25) is 0 Å². The van der Waals surface area contributed by atoms with Crippen LogP contribution in [0, 0.1) is 0 Å². The van der Waals surface area contributed by atoms with Crippen molar-refractivity contribution in [3.05, 3.63) is 265 Å². The minimum absolute atomic E-state index is 0.848. The molecule has 0 N–H and O–H groups in total. The molecule has 0 bridgehead atoms. The van der Waals surface area contributed by atoms with Gasteiger partial charge in [-0.3, -0.25) is 15.0 Å². The van der Waals surface area contributed by atoms with E-state index in [9.17, 15) is 0 Å². The minimum atomic E-state index is 0.848. The molecule has 11 rings (SSSR count). The van der Waals surface area contributed by atoms with Crippen molar-refractivity contribution in [2.24, 2.45) is 0 Å². The van der Waals surface area contributed by atoms with Crippen LogP contribution < -0.4 is 0 Å². The Labute approximate surface area is 398 Å². The Kier molecular flexibility index (Phi) is 12.0. The second kappa shape index (κ2) is 19.5. The summed E-state index contributed by atoms with van der Waals surface area (Å²) in [6.45, 7) is 0. The van der Waals surface area contributed by atoms with Crippen molar-refractivity contribution in [1.29, 1.82) is 0 Å². The standard InChI is InChI=1S/C64H48N4/c1-2-12-49(13-3-1)50-32-34-51(35-33-50)59-43-54(64-44-67-62-18-6-7-19-63(62)68-64)36-37-58(59)57-15-5-4-14-56(57)55-41-47(22-20-45-24-28-52(29-25-45)60-16-8-10-38-65-60)40-48(42-55)23-21-46-26-30-53(31-27-46)61-17-9-11-39-66-61/h1-19,24-44H,20-23H2. The van der Waals surface area contributed by atoms with E-state index in [2.05, 4.69) is 186 Å². The molecule has 0 radical (unpaired) electrons. The lowest BCUT2D eigenvalue weighted by atomic mass is 9.86. The van der Waals surface area contributed by atoms with Crippen LogP contribution in [0.4, 0.5) is 0 Å². The molecule has 4 nitrogen and oxygen atoms in total. The smallest absolute Gasteiger partial charge is 0.0894 e. The van der Waals surface area contributed by atoms with E-state index in [0.29, 0.717) is 0 Å². The maximum atomic E-state index is 5.07. The van der Waals surface area contributed by atoms with Crippen LogP contribution in [0.2, 0.25) is 0 Å². The molecule has 0 aliphatic carbocycles. The van der Waals surface area contributed by atoms with Gasteiger partial charge in [0.15, 0.2) is 0 Å². The van der Waals surface area contributed by atoms with Crippen LogP contribution in [0.25, 0.3) is 89.3 Å². The molecule has 0 saturated heterocycles. The summed E-state index contributed by atoms with van der Waals surface area (Å²) < 4.78 is 0. The maximum absolute atomic E-state index is 5.07. The maximum Gasteiger partial charge on any atom is 0.0894 e. The first-order chi connectivity index (χ1) is 33.7. The fourth-order valence-corrected chi connectivity index (χ4v) is 9.25. The van der Waals surface area contributed by atoms with E-state index in [1.54, 1.807) is 0 Å². The molecule has 0 atom stereocenters. The van der Waals surface area contributed by atoms with Gasteiger partial charge in [0.25, 0.3) is 0 Å². The Hall–Kier alpha value is -8.60. The zero-order valence-corrected chi connectivity index (χ0v) is 37.7. The Morgan fingerprint density at radius 3 is 1.35 bits per heavy atom. The summed E-state index contributed by atoms with van der Waals surface area (Å²) in [6.07, 6.45) is 9.31. The third-order valence-electron chi connectivity index (χ3n) is 12.9. The van der Waals surface area contributed by atoms with Crippen molar-refractivity contribution < 1.29 is 0 Å². The van der Waals surface area contributed by atoms with Gasteiger partial charge in [-0.25, -0.2) is 4.98 Å². The second-order valence-electron chi connectivity index (χ2n) is 17.4. The monoisotopic (exact) mass is 872 g/mol. The summed E-state index contributed by atoms with van der Waals surface area (Å²) in [4.78, 5) is 19.0. The number of rotatable bonds is 13. The number of nitrogens with zero attached hydrogens (tertiary/aromatic N) is 4. The summed E-state index contributed by atoms with van der Waals surface area (Å²) in [5, 5.41) is 0. The molecule has 0 unspecified atom stereocenters. The minimum Gasteiger partial charge on any atom is -0.256 e. The molecule has 0 fully saturated rings. The first kappa shape index (κ1) is 42.1. The molecule has 0 aliphatic rings. The van der Waals surface area contributed by atoms with Gasteiger partial charge >= 0.3 is 0 Å². The highest BCUT2D eigenvalue weighted by Crippen LogP contribution is 2.41. The van der Waals surface area contributed by atoms with Crippen molar-refractivity contribution >= 4 is 11.0 Å². The predicted octanol–water partition coefficient (Wildman–Crippen LogP) is 15.7. The van der Waals surface area contributed by atoms with Gasteiger partial charge in [-0.2, -0.15) is 0 Å². The van der Waals surface area contributed by atoms with Gasteiger partial charge < -0.3 is 0 Å². The lowest BCUT2D eigenvalue weighted by Gasteiger charge is -2.18. The lowest BCUT2D eigenvalue weighted by Crippen LogP contribution is -1.98. The second-order valence-corrected chi connectivity index (χ2v) is 17.4. The van der Waals surface area contributed by atoms with Crippen LogP contribution in [-0.4, -0.2) is 19.9 Å². The van der Waals surface area contributed by atoms with Crippen molar-refractivity contribution in [1.82, 2.24) is 19.9 Å². The summed E-state index contributed by atoms with van der Waals surface area (Å²) in [5.74, 6) is 0. The van der Waals surface area contributed by atoms with Gasteiger partial charge in [0.05, 0.1) is 34.3 Å². The molecule has 324 valence electrons. The Bertz CT molecular complexity index is 3360. The fourth-order valence-electron chi connectivity index (χ4n) is 9.25. The Morgan fingerprint density at radius 2 is 0.735 bits per heavy atom. The van der Waals surface area contributed by atoms with Crippen molar-refractivity contribution in [2.45, 2.75) is 25.7 Å². The number of benzene rings is 8. The Morgan fingerprint density at radius 1 is 0.250 bits per heavy atom. The van der Waals surface area contributed by atoms with Crippen LogP contribution in [-0.2, 0) is 25.7 Å². The molecule has 3 aromatic heterocycles. The third-order valence-corrected chi connectivity index (χ3v) is 12.9. The first-order valence-corrected chi connectivity index (χ1v) is 23.4. The zero-order chi connectivity index (χ0) is 45.5. The quantitative estimate of drug-likeness (QED) is 0.116. The van der Waals surface area contributed by atoms with E-state index < -0.39 is 0 Å². The molecule has 4 heteroatoms. The van der Waals surface area contributed by atoms with E-state index in [0.717, 1.165) is 81.6 Å². The van der Waals surface area contributed by atoms with Crippen LogP contribution in [0.15, 0.2) is 243 Å². The Balaban J connectivity index is 0.968. The normalized spacial score (nSPS) is 11.2. The zero-order valence-electron chi connectivity index (χ0n) is 37.7. The van der Waals surface area contributed by atoms with E-state index in [-0.39, 0.29) is 0 Å². The van der Waals surface area contributed by atoms with E-state index in [1.165, 1.54) is 55.6 Å². The molecular weight excluding hydrogens is 825 g/mol. The number of para-hydroxylation sites is 2. The van der Waals surface area contributed by atoms with Crippen LogP contribution in [0.5, 0.6) is 0 Å². The molecule has 11 aromatic rings. The average Bonchev–Trinajstić information content (AvgIpc) is 3.42. The molecular formula is C64H48N4. The van der Waals surface area contributed by atoms with E-state index >= 15 is 0 Å². The summed E-state index contributed by atoms with van der Waals surface area (Å²) in [7, 11) is 0. The highest BCUT2D eigenvalue weighted by Gasteiger charge is 2.17. The molecule has 8 aromatic carbocycles. The largest absolute Gasteiger partial charge is 0.256 e. The van der Waals surface area contributed by atoms with E-state index in [1.807, 2.05) is 67.1 Å². The van der Waals surface area contributed by atoms with Gasteiger partial charge in [-0.1, -0.05) is 182 Å². The number of hydrogen-bond acceptors (Lipinski definition) is 4. The first-order valence-electron chi connectivity index (χ1n) is 23.4. The number of hydrogen-bond donors (Lipinski definition) is 0. The van der Waals surface area contributed by atoms with Gasteiger partial charge in [-0.05, 0) is 135 Å².